The smallest absolute Gasteiger partial charge is 0.326 e. The maximum Gasteiger partial charge on any atom is 0.326 e. The van der Waals surface area contributed by atoms with E-state index in [1.807, 2.05) is 27.7 Å². The van der Waals surface area contributed by atoms with Crippen LogP contribution in [0.4, 0.5) is 0 Å². The summed E-state index contributed by atoms with van der Waals surface area (Å²) in [7, 11) is 0. The van der Waals surface area contributed by atoms with E-state index < -0.39 is 54.5 Å². The molecule has 0 aliphatic heterocycles. The Kier molecular flexibility index (Phi) is 11.5. The molecular formula is C21H36N6O6. The Morgan fingerprint density at radius 3 is 1.97 bits per heavy atom. The number of amides is 3. The van der Waals surface area contributed by atoms with Crippen LogP contribution in [-0.2, 0) is 25.6 Å². The fraction of sp³-hybridized carbons (Fsp3) is 0.667. The molecule has 0 fully saturated rings. The monoisotopic (exact) mass is 468 g/mol. The number of aromatic nitrogens is 2. The first-order valence-corrected chi connectivity index (χ1v) is 10.9. The molecule has 0 saturated heterocycles. The van der Waals surface area contributed by atoms with Gasteiger partial charge in [0, 0.05) is 18.3 Å². The van der Waals surface area contributed by atoms with Gasteiger partial charge in [-0.3, -0.25) is 14.4 Å². The van der Waals surface area contributed by atoms with Gasteiger partial charge in [0.2, 0.25) is 17.7 Å². The van der Waals surface area contributed by atoms with Crippen molar-refractivity contribution in [2.75, 3.05) is 6.61 Å². The Morgan fingerprint density at radius 2 is 1.48 bits per heavy atom. The van der Waals surface area contributed by atoms with Gasteiger partial charge < -0.3 is 36.9 Å². The molecule has 4 atom stereocenters. The van der Waals surface area contributed by atoms with Gasteiger partial charge in [-0.05, 0) is 24.7 Å². The van der Waals surface area contributed by atoms with Crippen LogP contribution in [0.3, 0.4) is 0 Å². The molecule has 3 amide bonds. The summed E-state index contributed by atoms with van der Waals surface area (Å²) in [4.78, 5) is 56.1. The summed E-state index contributed by atoms with van der Waals surface area (Å²) >= 11 is 0. The lowest BCUT2D eigenvalue weighted by molar-refractivity contribution is -0.142. The van der Waals surface area contributed by atoms with Crippen LogP contribution in [-0.4, -0.2) is 74.6 Å². The van der Waals surface area contributed by atoms with Gasteiger partial charge in [-0.1, -0.05) is 27.7 Å². The van der Waals surface area contributed by atoms with E-state index in [0.717, 1.165) is 0 Å². The third-order valence-electron chi connectivity index (χ3n) is 4.81. The number of aromatic amines is 1. The third-order valence-corrected chi connectivity index (χ3v) is 4.81. The number of rotatable bonds is 14. The van der Waals surface area contributed by atoms with Crippen LogP contribution in [0.5, 0.6) is 0 Å². The lowest BCUT2D eigenvalue weighted by Crippen LogP contribution is -2.58. The minimum Gasteiger partial charge on any atom is -0.480 e. The largest absolute Gasteiger partial charge is 0.480 e. The van der Waals surface area contributed by atoms with E-state index in [-0.39, 0.29) is 24.7 Å². The van der Waals surface area contributed by atoms with Crippen LogP contribution in [0.1, 0.15) is 46.2 Å². The maximum atomic E-state index is 12.9. The molecule has 1 rings (SSSR count). The summed E-state index contributed by atoms with van der Waals surface area (Å²) in [5.74, 6) is -3.15. The third kappa shape index (κ3) is 10.00. The Hall–Kier alpha value is -2.99. The number of nitrogens with two attached hydrogens (primary N) is 1. The molecule has 0 bridgehead atoms. The van der Waals surface area contributed by atoms with Gasteiger partial charge in [-0.2, -0.15) is 0 Å². The molecule has 1 aromatic rings. The molecule has 4 unspecified atom stereocenters. The van der Waals surface area contributed by atoms with Crippen molar-refractivity contribution in [1.82, 2.24) is 25.9 Å². The van der Waals surface area contributed by atoms with Gasteiger partial charge in [0.1, 0.15) is 18.1 Å². The lowest BCUT2D eigenvalue weighted by atomic mass is 10.0. The average molecular weight is 469 g/mol. The molecule has 0 saturated carbocycles. The minimum absolute atomic E-state index is 0.00938. The van der Waals surface area contributed by atoms with Crippen molar-refractivity contribution in [2.45, 2.75) is 71.1 Å². The van der Waals surface area contributed by atoms with E-state index in [9.17, 15) is 29.4 Å². The van der Waals surface area contributed by atoms with E-state index >= 15 is 0 Å². The summed E-state index contributed by atoms with van der Waals surface area (Å²) in [6.45, 7) is 6.72. The second kappa shape index (κ2) is 13.5. The highest BCUT2D eigenvalue weighted by atomic mass is 16.4. The predicted octanol–water partition coefficient (Wildman–Crippen LogP) is -1.10. The normalized spacial score (nSPS) is 14.9. The van der Waals surface area contributed by atoms with Crippen LogP contribution in [0.25, 0.3) is 0 Å². The topological polar surface area (TPSA) is 200 Å². The lowest BCUT2D eigenvalue weighted by Gasteiger charge is -2.25. The quantitative estimate of drug-likeness (QED) is 0.178. The number of aliphatic hydroxyl groups excluding tert-OH is 1. The van der Waals surface area contributed by atoms with Crippen molar-refractivity contribution in [1.29, 1.82) is 0 Å². The summed E-state index contributed by atoms with van der Waals surface area (Å²) in [5, 5.41) is 26.4. The first-order chi connectivity index (χ1) is 15.4. The van der Waals surface area contributed by atoms with Gasteiger partial charge in [-0.25, -0.2) is 9.78 Å². The summed E-state index contributed by atoms with van der Waals surface area (Å²) in [5.41, 5.74) is 6.35. The van der Waals surface area contributed by atoms with Crippen molar-refractivity contribution in [3.63, 3.8) is 0 Å². The molecular weight excluding hydrogens is 432 g/mol. The van der Waals surface area contributed by atoms with E-state index in [1.54, 1.807) is 0 Å². The fourth-order valence-corrected chi connectivity index (χ4v) is 3.15. The van der Waals surface area contributed by atoms with E-state index in [0.29, 0.717) is 12.1 Å². The van der Waals surface area contributed by atoms with Gasteiger partial charge in [0.15, 0.2) is 0 Å². The number of carboxylic acids is 1. The Balaban J connectivity index is 2.94. The number of carboxylic acid groups (broad SMARTS) is 1. The highest BCUT2D eigenvalue weighted by Gasteiger charge is 2.30. The Morgan fingerprint density at radius 1 is 0.939 bits per heavy atom. The van der Waals surface area contributed by atoms with Gasteiger partial charge in [0.25, 0.3) is 0 Å². The zero-order valence-electron chi connectivity index (χ0n) is 19.5. The van der Waals surface area contributed by atoms with Crippen LogP contribution >= 0.6 is 0 Å². The molecule has 1 heterocycles. The second-order valence-electron chi connectivity index (χ2n) is 8.85. The molecule has 0 aromatic carbocycles. The number of carbonyl (C=O) groups is 4. The summed E-state index contributed by atoms with van der Waals surface area (Å²) in [6, 6.07) is -4.51. The van der Waals surface area contributed by atoms with Gasteiger partial charge in [-0.15, -0.1) is 0 Å². The molecule has 186 valence electrons. The standard InChI is InChI=1S/C21H36N6O6/c1-11(2)5-14(22)18(29)27-17(9-28)20(31)25-15(7-13-8-23-10-24-13)19(30)26-16(21(32)33)6-12(3)4/h8,10-12,14-17,28H,5-7,9,22H2,1-4H3,(H,23,24)(H,25,31)(H,26,30)(H,27,29)(H,32,33). The first kappa shape index (κ1) is 28.0. The van der Waals surface area contributed by atoms with Crippen molar-refractivity contribution in [3.8, 4) is 0 Å². The number of aliphatic carboxylic acids is 1. The average Bonchev–Trinajstić information content (AvgIpc) is 3.22. The number of hydrogen-bond donors (Lipinski definition) is 7. The molecule has 33 heavy (non-hydrogen) atoms. The predicted molar refractivity (Wildman–Crippen MR) is 120 cm³/mol. The molecule has 0 aliphatic carbocycles. The second-order valence-corrected chi connectivity index (χ2v) is 8.85. The minimum atomic E-state index is -1.33. The van der Waals surface area contributed by atoms with E-state index in [1.165, 1.54) is 12.5 Å². The zero-order valence-corrected chi connectivity index (χ0v) is 19.5. The van der Waals surface area contributed by atoms with Crippen LogP contribution in [0, 0.1) is 11.8 Å². The van der Waals surface area contributed by atoms with Crippen LogP contribution in [0.15, 0.2) is 12.5 Å². The zero-order chi connectivity index (χ0) is 25.1. The van der Waals surface area contributed by atoms with Crippen molar-refractivity contribution in [3.05, 3.63) is 18.2 Å². The van der Waals surface area contributed by atoms with Crippen molar-refractivity contribution < 1.29 is 29.4 Å². The molecule has 0 spiro atoms. The molecule has 12 nitrogen and oxygen atoms in total. The number of carbonyl (C=O) groups excluding carboxylic acids is 3. The number of nitrogens with one attached hydrogen (secondary N) is 4. The molecule has 12 heteroatoms. The first-order valence-electron chi connectivity index (χ1n) is 10.9. The number of aliphatic hydroxyl groups is 1. The fourth-order valence-electron chi connectivity index (χ4n) is 3.15. The van der Waals surface area contributed by atoms with E-state index in [4.69, 9.17) is 5.73 Å². The van der Waals surface area contributed by atoms with Crippen LogP contribution < -0.4 is 21.7 Å². The summed E-state index contributed by atoms with van der Waals surface area (Å²) < 4.78 is 0. The highest BCUT2D eigenvalue weighted by molar-refractivity contribution is 5.94. The van der Waals surface area contributed by atoms with Gasteiger partial charge >= 0.3 is 5.97 Å². The number of nitrogens with zero attached hydrogens (tertiary/aromatic N) is 1. The summed E-state index contributed by atoms with van der Waals surface area (Å²) in [6.07, 6.45) is 3.45. The molecule has 0 aliphatic rings. The Bertz CT molecular complexity index is 782. The number of hydrogen-bond acceptors (Lipinski definition) is 7. The molecule has 1 aromatic heterocycles. The molecule has 8 N–H and O–H groups in total. The number of H-pyrrole nitrogens is 1. The van der Waals surface area contributed by atoms with Crippen molar-refractivity contribution in [2.24, 2.45) is 17.6 Å². The maximum absolute atomic E-state index is 12.9. The van der Waals surface area contributed by atoms with Crippen molar-refractivity contribution >= 4 is 23.7 Å². The SMILES string of the molecule is CC(C)CC(N)C(=O)NC(CO)C(=O)NC(Cc1cnc[nH]1)C(=O)NC(CC(C)C)C(=O)O. The number of imidazole rings is 1. The van der Waals surface area contributed by atoms with Crippen LogP contribution in [0.2, 0.25) is 0 Å². The van der Waals surface area contributed by atoms with Gasteiger partial charge in [0.05, 0.1) is 19.0 Å². The Labute approximate surface area is 193 Å². The van der Waals surface area contributed by atoms with E-state index in [2.05, 4.69) is 25.9 Å². The highest BCUT2D eigenvalue weighted by Crippen LogP contribution is 2.07. The molecule has 0 radical (unpaired) electrons.